The van der Waals surface area contributed by atoms with Crippen LogP contribution in [0.15, 0.2) is 57.5 Å². The van der Waals surface area contributed by atoms with Crippen molar-refractivity contribution in [3.05, 3.63) is 68.6 Å². The molecule has 2 rings (SSSR count). The van der Waals surface area contributed by atoms with Crippen molar-refractivity contribution in [1.82, 2.24) is 5.32 Å². The van der Waals surface area contributed by atoms with E-state index in [1.54, 1.807) is 0 Å². The van der Waals surface area contributed by atoms with Crippen molar-refractivity contribution in [3.8, 4) is 0 Å². The molecule has 0 saturated carbocycles. The van der Waals surface area contributed by atoms with Crippen molar-refractivity contribution < 1.29 is 0 Å². The molecule has 0 amide bonds. The summed E-state index contributed by atoms with van der Waals surface area (Å²) in [4.78, 5) is 0. The van der Waals surface area contributed by atoms with Crippen LogP contribution in [0.4, 0.5) is 0 Å². The van der Waals surface area contributed by atoms with Crippen LogP contribution in [-0.2, 0) is 6.42 Å². The lowest BCUT2D eigenvalue weighted by Crippen LogP contribution is -2.29. The molecular weight excluding hydrogens is 390 g/mol. The summed E-state index contributed by atoms with van der Waals surface area (Å²) >= 11 is 7.17. The predicted octanol–water partition coefficient (Wildman–Crippen LogP) is 5.54. The Morgan fingerprint density at radius 1 is 0.952 bits per heavy atom. The Balaban J connectivity index is 2.19. The van der Waals surface area contributed by atoms with Gasteiger partial charge in [-0.1, -0.05) is 76.0 Å². The zero-order chi connectivity index (χ0) is 15.2. The summed E-state index contributed by atoms with van der Waals surface area (Å²) in [5, 5.41) is 3.57. The molecule has 0 spiro atoms. The molecule has 1 N–H and O–H groups in total. The molecular formula is C18H21Br2N. The van der Waals surface area contributed by atoms with Gasteiger partial charge in [-0.05, 0) is 35.7 Å². The van der Waals surface area contributed by atoms with Crippen LogP contribution in [-0.4, -0.2) is 12.6 Å². The van der Waals surface area contributed by atoms with Crippen molar-refractivity contribution in [2.24, 2.45) is 0 Å². The summed E-state index contributed by atoms with van der Waals surface area (Å²) in [7, 11) is 0. The monoisotopic (exact) mass is 409 g/mol. The Labute approximate surface area is 144 Å². The van der Waals surface area contributed by atoms with E-state index in [2.05, 4.69) is 99.6 Å². The van der Waals surface area contributed by atoms with E-state index < -0.39 is 0 Å². The number of hydrogen-bond donors (Lipinski definition) is 1. The highest BCUT2D eigenvalue weighted by atomic mass is 79.9. The standard InChI is InChI=1S/C18H21Br2N/c1-13(2)21-12-16(14-7-9-17(19)10-8-14)11-15-5-3-4-6-18(15)20/h3-10,13,16,21H,11-12H2,1-2H3. The Morgan fingerprint density at radius 3 is 2.24 bits per heavy atom. The van der Waals surface area contributed by atoms with Gasteiger partial charge in [0.25, 0.3) is 0 Å². The predicted molar refractivity (Wildman–Crippen MR) is 97.9 cm³/mol. The van der Waals surface area contributed by atoms with E-state index in [0.717, 1.165) is 17.4 Å². The van der Waals surface area contributed by atoms with Crippen LogP contribution in [0.3, 0.4) is 0 Å². The molecule has 0 heterocycles. The average molecular weight is 411 g/mol. The second-order valence-electron chi connectivity index (χ2n) is 5.61. The van der Waals surface area contributed by atoms with Crippen molar-refractivity contribution in [3.63, 3.8) is 0 Å². The molecule has 0 aliphatic heterocycles. The van der Waals surface area contributed by atoms with E-state index in [-0.39, 0.29) is 0 Å². The van der Waals surface area contributed by atoms with Crippen molar-refractivity contribution in [2.75, 3.05) is 6.54 Å². The van der Waals surface area contributed by atoms with Crippen LogP contribution >= 0.6 is 31.9 Å². The minimum absolute atomic E-state index is 0.471. The van der Waals surface area contributed by atoms with E-state index in [1.165, 1.54) is 15.6 Å². The zero-order valence-corrected chi connectivity index (χ0v) is 15.6. The Morgan fingerprint density at radius 2 is 1.62 bits per heavy atom. The lowest BCUT2D eigenvalue weighted by atomic mass is 9.91. The van der Waals surface area contributed by atoms with Gasteiger partial charge in [-0.2, -0.15) is 0 Å². The first-order valence-corrected chi connectivity index (χ1v) is 8.87. The third kappa shape index (κ3) is 5.24. The topological polar surface area (TPSA) is 12.0 Å². The molecule has 0 radical (unpaired) electrons. The fourth-order valence-electron chi connectivity index (χ4n) is 2.35. The molecule has 112 valence electrons. The Bertz CT molecular complexity index is 564. The molecule has 2 aromatic rings. The number of hydrogen-bond acceptors (Lipinski definition) is 1. The fourth-order valence-corrected chi connectivity index (χ4v) is 3.06. The average Bonchev–Trinajstić information content (AvgIpc) is 2.46. The molecule has 0 aromatic heterocycles. The van der Waals surface area contributed by atoms with Crippen LogP contribution in [0.2, 0.25) is 0 Å². The van der Waals surface area contributed by atoms with Gasteiger partial charge in [-0.25, -0.2) is 0 Å². The van der Waals surface area contributed by atoms with Crippen LogP contribution in [0.1, 0.15) is 30.9 Å². The van der Waals surface area contributed by atoms with E-state index in [4.69, 9.17) is 0 Å². The van der Waals surface area contributed by atoms with Crippen LogP contribution < -0.4 is 5.32 Å². The van der Waals surface area contributed by atoms with Crippen molar-refractivity contribution in [1.29, 1.82) is 0 Å². The summed E-state index contributed by atoms with van der Waals surface area (Å²) in [5.74, 6) is 0.471. The quantitative estimate of drug-likeness (QED) is 0.659. The molecule has 2 aromatic carbocycles. The van der Waals surface area contributed by atoms with E-state index in [9.17, 15) is 0 Å². The van der Waals surface area contributed by atoms with Gasteiger partial charge in [0.15, 0.2) is 0 Å². The summed E-state index contributed by atoms with van der Waals surface area (Å²) in [6.45, 7) is 5.37. The summed E-state index contributed by atoms with van der Waals surface area (Å²) in [6.07, 6.45) is 1.03. The second-order valence-corrected chi connectivity index (χ2v) is 7.38. The molecule has 0 bridgehead atoms. The Kier molecular flexibility index (Phi) is 6.46. The lowest BCUT2D eigenvalue weighted by Gasteiger charge is -2.20. The maximum atomic E-state index is 3.66. The summed E-state index contributed by atoms with van der Waals surface area (Å²) in [5.41, 5.74) is 2.73. The zero-order valence-electron chi connectivity index (χ0n) is 12.4. The highest BCUT2D eigenvalue weighted by molar-refractivity contribution is 9.10. The molecule has 0 fully saturated rings. The largest absolute Gasteiger partial charge is 0.314 e. The van der Waals surface area contributed by atoms with Gasteiger partial charge in [0.1, 0.15) is 0 Å². The maximum absolute atomic E-state index is 3.66. The normalized spacial score (nSPS) is 12.6. The summed E-state index contributed by atoms with van der Waals surface area (Å²) < 4.78 is 2.32. The van der Waals surface area contributed by atoms with Crippen molar-refractivity contribution in [2.45, 2.75) is 32.2 Å². The molecule has 1 nitrogen and oxygen atoms in total. The molecule has 1 unspecified atom stereocenters. The van der Waals surface area contributed by atoms with E-state index in [1.807, 2.05) is 0 Å². The molecule has 3 heteroatoms. The molecule has 1 atom stereocenters. The maximum Gasteiger partial charge on any atom is 0.0207 e. The molecule has 0 saturated heterocycles. The van der Waals surface area contributed by atoms with Crippen LogP contribution in [0, 0.1) is 0 Å². The van der Waals surface area contributed by atoms with E-state index in [0.29, 0.717) is 12.0 Å². The minimum Gasteiger partial charge on any atom is -0.314 e. The lowest BCUT2D eigenvalue weighted by molar-refractivity contribution is 0.526. The second kappa shape index (κ2) is 8.11. The van der Waals surface area contributed by atoms with Crippen LogP contribution in [0.5, 0.6) is 0 Å². The van der Waals surface area contributed by atoms with Gasteiger partial charge in [0.05, 0.1) is 0 Å². The third-order valence-corrected chi connectivity index (χ3v) is 4.84. The SMILES string of the molecule is CC(C)NCC(Cc1ccccc1Br)c1ccc(Br)cc1. The van der Waals surface area contributed by atoms with E-state index >= 15 is 0 Å². The molecule has 0 aliphatic rings. The van der Waals surface area contributed by atoms with Gasteiger partial charge >= 0.3 is 0 Å². The number of rotatable bonds is 6. The first kappa shape index (κ1) is 16.7. The van der Waals surface area contributed by atoms with Gasteiger partial charge in [0, 0.05) is 27.4 Å². The smallest absolute Gasteiger partial charge is 0.0207 e. The van der Waals surface area contributed by atoms with Gasteiger partial charge in [0.2, 0.25) is 0 Å². The molecule has 21 heavy (non-hydrogen) atoms. The van der Waals surface area contributed by atoms with Crippen molar-refractivity contribution >= 4 is 31.9 Å². The fraction of sp³-hybridized carbons (Fsp3) is 0.333. The minimum atomic E-state index is 0.471. The molecule has 0 aliphatic carbocycles. The highest BCUT2D eigenvalue weighted by Gasteiger charge is 2.14. The Hall–Kier alpha value is -0.640. The van der Waals surface area contributed by atoms with Gasteiger partial charge in [-0.3, -0.25) is 0 Å². The summed E-state index contributed by atoms with van der Waals surface area (Å²) in [6, 6.07) is 17.7. The first-order chi connectivity index (χ1) is 10.1. The first-order valence-electron chi connectivity index (χ1n) is 7.28. The van der Waals surface area contributed by atoms with Gasteiger partial charge in [-0.15, -0.1) is 0 Å². The highest BCUT2D eigenvalue weighted by Crippen LogP contribution is 2.26. The van der Waals surface area contributed by atoms with Crippen LogP contribution in [0.25, 0.3) is 0 Å². The number of nitrogens with one attached hydrogen (secondary N) is 1. The number of halogens is 2. The number of benzene rings is 2. The van der Waals surface area contributed by atoms with Gasteiger partial charge < -0.3 is 5.32 Å². The third-order valence-electron chi connectivity index (χ3n) is 3.54.